The minimum absolute atomic E-state index is 0. The number of halogens is 1. The SMILES string of the molecule is C.CC(C)(C)OC(=O)N1CCN(C(=O)Oc2ccc(C=O)c(F)c2)CC1. The van der Waals surface area contributed by atoms with Crippen LogP contribution in [-0.4, -0.2) is 60.1 Å². The fourth-order valence-corrected chi connectivity index (χ4v) is 2.23. The number of nitrogens with zero attached hydrogens (tertiary/aromatic N) is 2. The van der Waals surface area contributed by atoms with E-state index < -0.39 is 23.6 Å². The summed E-state index contributed by atoms with van der Waals surface area (Å²) in [5.41, 5.74) is -0.684. The van der Waals surface area contributed by atoms with Crippen molar-refractivity contribution in [3.05, 3.63) is 29.6 Å². The first-order valence-electron chi connectivity index (χ1n) is 7.89. The molecule has 0 unspecified atom stereocenters. The number of ether oxygens (including phenoxy) is 2. The smallest absolute Gasteiger partial charge is 0.415 e. The van der Waals surface area contributed by atoms with E-state index in [1.54, 1.807) is 20.8 Å². The first-order valence-corrected chi connectivity index (χ1v) is 7.89. The largest absolute Gasteiger partial charge is 0.444 e. The van der Waals surface area contributed by atoms with Crippen LogP contribution in [0.25, 0.3) is 0 Å². The minimum Gasteiger partial charge on any atom is -0.444 e. The quantitative estimate of drug-likeness (QED) is 0.749. The van der Waals surface area contributed by atoms with E-state index in [1.807, 2.05) is 0 Å². The van der Waals surface area contributed by atoms with E-state index in [4.69, 9.17) is 9.47 Å². The van der Waals surface area contributed by atoms with Gasteiger partial charge in [-0.1, -0.05) is 7.43 Å². The highest BCUT2D eigenvalue weighted by Crippen LogP contribution is 2.17. The zero-order valence-corrected chi connectivity index (χ0v) is 14.5. The fraction of sp³-hybridized carbons (Fsp3) is 0.500. The second kappa shape index (κ2) is 8.64. The number of hydrogen-bond donors (Lipinski definition) is 0. The summed E-state index contributed by atoms with van der Waals surface area (Å²) < 4.78 is 23.9. The van der Waals surface area contributed by atoms with Gasteiger partial charge in [-0.3, -0.25) is 4.79 Å². The van der Waals surface area contributed by atoms with Crippen LogP contribution < -0.4 is 4.74 Å². The fourth-order valence-electron chi connectivity index (χ4n) is 2.23. The van der Waals surface area contributed by atoms with Crippen molar-refractivity contribution in [3.63, 3.8) is 0 Å². The van der Waals surface area contributed by atoms with E-state index in [-0.39, 0.29) is 31.8 Å². The summed E-state index contributed by atoms with van der Waals surface area (Å²) in [7, 11) is 0. The lowest BCUT2D eigenvalue weighted by molar-refractivity contribution is 0.0154. The van der Waals surface area contributed by atoms with E-state index in [9.17, 15) is 18.8 Å². The average molecular weight is 368 g/mol. The molecule has 0 saturated carbocycles. The molecule has 1 aromatic rings. The van der Waals surface area contributed by atoms with Gasteiger partial charge in [0.15, 0.2) is 6.29 Å². The molecular weight excluding hydrogens is 343 g/mol. The van der Waals surface area contributed by atoms with Crippen molar-refractivity contribution in [2.24, 2.45) is 0 Å². The van der Waals surface area contributed by atoms with Gasteiger partial charge in [-0.2, -0.15) is 0 Å². The topological polar surface area (TPSA) is 76.2 Å². The molecule has 7 nitrogen and oxygen atoms in total. The molecule has 0 N–H and O–H groups in total. The molecule has 1 fully saturated rings. The van der Waals surface area contributed by atoms with Gasteiger partial charge in [-0.15, -0.1) is 0 Å². The van der Waals surface area contributed by atoms with Gasteiger partial charge in [0, 0.05) is 32.2 Å². The maximum atomic E-state index is 13.5. The molecular formula is C18H25FN2O5. The summed E-state index contributed by atoms with van der Waals surface area (Å²) in [4.78, 5) is 37.6. The van der Waals surface area contributed by atoms with Gasteiger partial charge in [0.25, 0.3) is 0 Å². The summed E-state index contributed by atoms with van der Waals surface area (Å²) >= 11 is 0. The molecule has 26 heavy (non-hydrogen) atoms. The van der Waals surface area contributed by atoms with Crippen LogP contribution >= 0.6 is 0 Å². The van der Waals surface area contributed by atoms with Crippen LogP contribution in [0, 0.1) is 5.82 Å². The molecule has 0 bridgehead atoms. The normalized spacial score (nSPS) is 14.3. The molecule has 1 heterocycles. The molecule has 2 amide bonds. The molecule has 1 saturated heterocycles. The standard InChI is InChI=1S/C17H21FN2O5.CH4/c1-17(2,3)25-16(23)20-8-6-19(7-9-20)15(22)24-13-5-4-12(11-21)14(18)10-13;/h4-5,10-11H,6-9H2,1-3H3;1H4. The van der Waals surface area contributed by atoms with E-state index in [1.165, 1.54) is 21.9 Å². The van der Waals surface area contributed by atoms with Crippen LogP contribution in [0.2, 0.25) is 0 Å². The van der Waals surface area contributed by atoms with Gasteiger partial charge >= 0.3 is 12.2 Å². The van der Waals surface area contributed by atoms with Gasteiger partial charge < -0.3 is 19.3 Å². The third kappa shape index (κ3) is 5.72. The van der Waals surface area contributed by atoms with Crippen LogP contribution in [0.5, 0.6) is 5.75 Å². The van der Waals surface area contributed by atoms with E-state index in [0.29, 0.717) is 19.4 Å². The van der Waals surface area contributed by atoms with Gasteiger partial charge in [-0.05, 0) is 32.9 Å². The van der Waals surface area contributed by atoms with Crippen molar-refractivity contribution >= 4 is 18.5 Å². The van der Waals surface area contributed by atoms with Crippen LogP contribution in [0.3, 0.4) is 0 Å². The third-order valence-corrected chi connectivity index (χ3v) is 3.49. The predicted octanol–water partition coefficient (Wildman–Crippen LogP) is 3.33. The second-order valence-electron chi connectivity index (χ2n) is 6.62. The van der Waals surface area contributed by atoms with Gasteiger partial charge in [0.2, 0.25) is 0 Å². The summed E-state index contributed by atoms with van der Waals surface area (Å²) in [6.45, 7) is 6.57. The molecule has 1 aliphatic heterocycles. The summed E-state index contributed by atoms with van der Waals surface area (Å²) in [6, 6.07) is 3.58. The lowest BCUT2D eigenvalue weighted by atomic mass is 10.2. The first kappa shape index (κ1) is 21.4. The number of hydrogen-bond acceptors (Lipinski definition) is 5. The lowest BCUT2D eigenvalue weighted by Gasteiger charge is -2.34. The Bertz CT molecular complexity index is 664. The van der Waals surface area contributed by atoms with Crippen molar-refractivity contribution in [2.75, 3.05) is 26.2 Å². The highest BCUT2D eigenvalue weighted by Gasteiger charge is 2.28. The minimum atomic E-state index is -0.755. The molecule has 8 heteroatoms. The maximum absolute atomic E-state index is 13.5. The maximum Gasteiger partial charge on any atom is 0.415 e. The monoisotopic (exact) mass is 368 g/mol. The Balaban J connectivity index is 0.00000338. The van der Waals surface area contributed by atoms with E-state index in [0.717, 1.165) is 6.07 Å². The van der Waals surface area contributed by atoms with Crippen molar-refractivity contribution in [2.45, 2.75) is 33.8 Å². The van der Waals surface area contributed by atoms with Gasteiger partial charge in [-0.25, -0.2) is 14.0 Å². The summed E-state index contributed by atoms with van der Waals surface area (Å²) in [5.74, 6) is -0.738. The Kier molecular flexibility index (Phi) is 7.11. The number of amides is 2. The number of carbonyl (C=O) groups excluding carboxylic acids is 3. The predicted molar refractivity (Wildman–Crippen MR) is 93.9 cm³/mol. The molecule has 2 rings (SSSR count). The average Bonchev–Trinajstić information content (AvgIpc) is 2.53. The molecule has 0 radical (unpaired) electrons. The first-order chi connectivity index (χ1) is 11.7. The molecule has 144 valence electrons. The van der Waals surface area contributed by atoms with Crippen molar-refractivity contribution < 1.29 is 28.2 Å². The van der Waals surface area contributed by atoms with Gasteiger partial charge in [0.1, 0.15) is 17.2 Å². The molecule has 0 aliphatic carbocycles. The number of carbonyl (C=O) groups is 3. The lowest BCUT2D eigenvalue weighted by Crippen LogP contribution is -2.52. The zero-order chi connectivity index (χ0) is 18.6. The van der Waals surface area contributed by atoms with Crippen LogP contribution in [-0.2, 0) is 4.74 Å². The third-order valence-electron chi connectivity index (χ3n) is 3.49. The van der Waals surface area contributed by atoms with Gasteiger partial charge in [0.05, 0.1) is 5.56 Å². The van der Waals surface area contributed by atoms with E-state index in [2.05, 4.69) is 0 Å². The zero-order valence-electron chi connectivity index (χ0n) is 14.5. The summed E-state index contributed by atoms with van der Waals surface area (Å²) in [5, 5.41) is 0. The van der Waals surface area contributed by atoms with E-state index >= 15 is 0 Å². The van der Waals surface area contributed by atoms with Crippen LogP contribution in [0.1, 0.15) is 38.6 Å². The second-order valence-corrected chi connectivity index (χ2v) is 6.62. The molecule has 0 aromatic heterocycles. The van der Waals surface area contributed by atoms with Crippen LogP contribution in [0.15, 0.2) is 18.2 Å². The van der Waals surface area contributed by atoms with Crippen molar-refractivity contribution in [3.8, 4) is 5.75 Å². The Hall–Kier alpha value is -2.64. The highest BCUT2D eigenvalue weighted by molar-refractivity contribution is 5.76. The Morgan fingerprint density at radius 3 is 2.08 bits per heavy atom. The molecule has 0 atom stereocenters. The Morgan fingerprint density at radius 1 is 1.08 bits per heavy atom. The molecule has 1 aliphatic rings. The number of aldehydes is 1. The highest BCUT2D eigenvalue weighted by atomic mass is 19.1. The number of benzene rings is 1. The molecule has 0 spiro atoms. The van der Waals surface area contributed by atoms with Crippen molar-refractivity contribution in [1.82, 2.24) is 9.80 Å². The molecule has 1 aromatic carbocycles. The number of rotatable bonds is 2. The Labute approximate surface area is 152 Å². The Morgan fingerprint density at radius 2 is 1.62 bits per heavy atom. The van der Waals surface area contributed by atoms with Crippen molar-refractivity contribution in [1.29, 1.82) is 0 Å². The summed E-state index contributed by atoms with van der Waals surface area (Å²) in [6.07, 6.45) is -0.675. The van der Waals surface area contributed by atoms with Crippen LogP contribution in [0.4, 0.5) is 14.0 Å². The number of piperazine rings is 1.